The normalized spacial score (nSPS) is 17.1. The molecule has 4 heteroatoms. The van der Waals surface area contributed by atoms with Crippen LogP contribution in [0, 0.1) is 0 Å². The molecule has 1 aromatic carbocycles. The quantitative estimate of drug-likeness (QED) is 0.921. The van der Waals surface area contributed by atoms with E-state index in [2.05, 4.69) is 28.5 Å². The number of hydrogen-bond acceptors (Lipinski definition) is 4. The summed E-state index contributed by atoms with van der Waals surface area (Å²) in [6.07, 6.45) is 2.88. The first-order valence-electron chi connectivity index (χ1n) is 7.80. The molecule has 0 aliphatic carbocycles. The van der Waals surface area contributed by atoms with E-state index in [-0.39, 0.29) is 6.10 Å². The molecule has 0 unspecified atom stereocenters. The molecular weight excluding hydrogens is 276 g/mol. The predicted molar refractivity (Wildman–Crippen MR) is 87.2 cm³/mol. The zero-order chi connectivity index (χ0) is 15.4. The molecule has 0 saturated heterocycles. The third-order valence-corrected chi connectivity index (χ3v) is 3.96. The highest BCUT2D eigenvalue weighted by Crippen LogP contribution is 2.34. The van der Waals surface area contributed by atoms with Crippen molar-refractivity contribution in [2.45, 2.75) is 19.4 Å². The Balaban J connectivity index is 2.01. The summed E-state index contributed by atoms with van der Waals surface area (Å²) in [4.78, 5) is 4.25. The fourth-order valence-electron chi connectivity index (χ4n) is 3.01. The zero-order valence-electron chi connectivity index (χ0n) is 13.1. The lowest BCUT2D eigenvalue weighted by atomic mass is 9.90. The summed E-state index contributed by atoms with van der Waals surface area (Å²) in [5.74, 6) is 0.677. The highest BCUT2D eigenvalue weighted by atomic mass is 16.5. The molecule has 1 atom stereocenters. The molecule has 0 spiro atoms. The van der Waals surface area contributed by atoms with E-state index in [4.69, 9.17) is 9.47 Å². The molecule has 0 saturated carbocycles. The second-order valence-corrected chi connectivity index (χ2v) is 5.36. The van der Waals surface area contributed by atoms with Crippen molar-refractivity contribution in [1.29, 1.82) is 0 Å². The second-order valence-electron chi connectivity index (χ2n) is 5.36. The Kier molecular flexibility index (Phi) is 4.71. The SMILES string of the molecule is CCOc1cc(-c2cccc3c2CCO[C@@H]3CNC)ccn1. The molecule has 1 N–H and O–H groups in total. The van der Waals surface area contributed by atoms with Gasteiger partial charge in [-0.1, -0.05) is 18.2 Å². The number of aromatic nitrogens is 1. The Hall–Kier alpha value is -1.91. The first-order valence-corrected chi connectivity index (χ1v) is 7.80. The molecule has 1 aliphatic rings. The maximum absolute atomic E-state index is 5.90. The van der Waals surface area contributed by atoms with E-state index in [0.717, 1.165) is 25.1 Å². The summed E-state index contributed by atoms with van der Waals surface area (Å²) in [5.41, 5.74) is 5.07. The van der Waals surface area contributed by atoms with Gasteiger partial charge in [-0.05, 0) is 48.7 Å². The largest absolute Gasteiger partial charge is 0.478 e. The predicted octanol–water partition coefficient (Wildman–Crippen LogP) is 2.98. The summed E-state index contributed by atoms with van der Waals surface area (Å²) in [6.45, 7) is 4.19. The monoisotopic (exact) mass is 298 g/mol. The van der Waals surface area contributed by atoms with Gasteiger partial charge in [0.25, 0.3) is 0 Å². The summed E-state index contributed by atoms with van der Waals surface area (Å²) >= 11 is 0. The van der Waals surface area contributed by atoms with Crippen molar-refractivity contribution < 1.29 is 9.47 Å². The van der Waals surface area contributed by atoms with Crippen molar-refractivity contribution >= 4 is 0 Å². The van der Waals surface area contributed by atoms with Crippen LogP contribution in [0.5, 0.6) is 5.88 Å². The first-order chi connectivity index (χ1) is 10.8. The van der Waals surface area contributed by atoms with Crippen LogP contribution < -0.4 is 10.1 Å². The first kappa shape index (κ1) is 15.0. The van der Waals surface area contributed by atoms with Gasteiger partial charge in [0, 0.05) is 18.8 Å². The highest BCUT2D eigenvalue weighted by molar-refractivity contribution is 5.70. The van der Waals surface area contributed by atoms with Gasteiger partial charge in [0.1, 0.15) is 0 Å². The summed E-state index contributed by atoms with van der Waals surface area (Å²) in [6, 6.07) is 10.5. The van der Waals surface area contributed by atoms with Gasteiger partial charge in [0.05, 0.1) is 19.3 Å². The Labute approximate surface area is 131 Å². The molecule has 0 amide bonds. The van der Waals surface area contributed by atoms with Crippen molar-refractivity contribution in [1.82, 2.24) is 10.3 Å². The van der Waals surface area contributed by atoms with Crippen LogP contribution in [0.25, 0.3) is 11.1 Å². The number of nitrogens with zero attached hydrogens (tertiary/aromatic N) is 1. The van der Waals surface area contributed by atoms with Gasteiger partial charge in [-0.2, -0.15) is 0 Å². The molecule has 3 rings (SSSR count). The Morgan fingerprint density at radius 2 is 2.27 bits per heavy atom. The highest BCUT2D eigenvalue weighted by Gasteiger charge is 2.22. The van der Waals surface area contributed by atoms with Crippen molar-refractivity contribution in [3.05, 3.63) is 47.7 Å². The Bertz CT molecular complexity index is 643. The number of benzene rings is 1. The van der Waals surface area contributed by atoms with E-state index < -0.39 is 0 Å². The minimum Gasteiger partial charge on any atom is -0.478 e. The molecule has 0 radical (unpaired) electrons. The number of likely N-dealkylation sites (N-methyl/N-ethyl adjacent to an activating group) is 1. The van der Waals surface area contributed by atoms with Crippen LogP contribution in [0.4, 0.5) is 0 Å². The summed E-state index contributed by atoms with van der Waals surface area (Å²) in [7, 11) is 1.96. The fraction of sp³-hybridized carbons (Fsp3) is 0.389. The van der Waals surface area contributed by atoms with E-state index in [0.29, 0.717) is 12.5 Å². The molecule has 2 aromatic rings. The molecular formula is C18H22N2O2. The van der Waals surface area contributed by atoms with Crippen molar-refractivity contribution in [3.8, 4) is 17.0 Å². The molecule has 2 heterocycles. The van der Waals surface area contributed by atoms with Gasteiger partial charge >= 0.3 is 0 Å². The molecule has 0 bridgehead atoms. The van der Waals surface area contributed by atoms with E-state index in [1.807, 2.05) is 32.3 Å². The van der Waals surface area contributed by atoms with E-state index >= 15 is 0 Å². The van der Waals surface area contributed by atoms with Crippen molar-refractivity contribution in [3.63, 3.8) is 0 Å². The molecule has 0 fully saturated rings. The van der Waals surface area contributed by atoms with Crippen LogP contribution in [0.15, 0.2) is 36.5 Å². The van der Waals surface area contributed by atoms with Gasteiger partial charge in [0.15, 0.2) is 0 Å². The molecule has 1 aliphatic heterocycles. The van der Waals surface area contributed by atoms with Crippen molar-refractivity contribution in [2.75, 3.05) is 26.8 Å². The van der Waals surface area contributed by atoms with Crippen LogP contribution in [0.1, 0.15) is 24.2 Å². The maximum Gasteiger partial charge on any atom is 0.213 e. The summed E-state index contributed by atoms with van der Waals surface area (Å²) < 4.78 is 11.4. The molecule has 116 valence electrons. The van der Waals surface area contributed by atoms with E-state index in [1.54, 1.807) is 0 Å². The topological polar surface area (TPSA) is 43.4 Å². The van der Waals surface area contributed by atoms with Gasteiger partial charge < -0.3 is 14.8 Å². The third kappa shape index (κ3) is 2.98. The van der Waals surface area contributed by atoms with Crippen LogP contribution in [-0.2, 0) is 11.2 Å². The maximum atomic E-state index is 5.90. The van der Waals surface area contributed by atoms with Crippen molar-refractivity contribution in [2.24, 2.45) is 0 Å². The average molecular weight is 298 g/mol. The minimum absolute atomic E-state index is 0.127. The lowest BCUT2D eigenvalue weighted by Crippen LogP contribution is -2.25. The number of hydrogen-bond donors (Lipinski definition) is 1. The Morgan fingerprint density at radius 3 is 3.09 bits per heavy atom. The minimum atomic E-state index is 0.127. The number of nitrogens with one attached hydrogen (secondary N) is 1. The van der Waals surface area contributed by atoms with Gasteiger partial charge in [-0.25, -0.2) is 4.98 Å². The Morgan fingerprint density at radius 1 is 1.36 bits per heavy atom. The summed E-state index contributed by atoms with van der Waals surface area (Å²) in [5, 5.41) is 3.21. The average Bonchev–Trinajstić information content (AvgIpc) is 2.55. The number of ether oxygens (including phenoxy) is 2. The smallest absolute Gasteiger partial charge is 0.213 e. The van der Waals surface area contributed by atoms with Crippen LogP contribution >= 0.6 is 0 Å². The van der Waals surface area contributed by atoms with Gasteiger partial charge in [-0.15, -0.1) is 0 Å². The van der Waals surface area contributed by atoms with E-state index in [1.165, 1.54) is 16.7 Å². The standard InChI is InChI=1S/C18H22N2O2/c1-3-21-18-11-13(7-9-20-18)14-5-4-6-16-15(14)8-10-22-17(16)12-19-2/h4-7,9,11,17,19H,3,8,10,12H2,1-2H3/t17-/m1/s1. The lowest BCUT2D eigenvalue weighted by Gasteiger charge is -2.28. The third-order valence-electron chi connectivity index (χ3n) is 3.96. The number of rotatable bonds is 5. The lowest BCUT2D eigenvalue weighted by molar-refractivity contribution is 0.0440. The molecule has 4 nitrogen and oxygen atoms in total. The number of fused-ring (bicyclic) bond motifs is 1. The van der Waals surface area contributed by atoms with Gasteiger partial charge in [-0.3, -0.25) is 0 Å². The number of pyridine rings is 1. The van der Waals surface area contributed by atoms with Crippen LogP contribution in [0.3, 0.4) is 0 Å². The van der Waals surface area contributed by atoms with E-state index in [9.17, 15) is 0 Å². The zero-order valence-corrected chi connectivity index (χ0v) is 13.1. The fourth-order valence-corrected chi connectivity index (χ4v) is 3.01. The van der Waals surface area contributed by atoms with Crippen LogP contribution in [-0.4, -0.2) is 31.8 Å². The molecule has 22 heavy (non-hydrogen) atoms. The second kappa shape index (κ2) is 6.90. The van der Waals surface area contributed by atoms with Crippen LogP contribution in [0.2, 0.25) is 0 Å². The van der Waals surface area contributed by atoms with Gasteiger partial charge in [0.2, 0.25) is 5.88 Å². The molecule has 1 aromatic heterocycles.